The van der Waals surface area contributed by atoms with Gasteiger partial charge in [-0.1, -0.05) is 29.3 Å². The van der Waals surface area contributed by atoms with E-state index >= 15 is 0 Å². The van der Waals surface area contributed by atoms with Crippen molar-refractivity contribution in [3.8, 4) is 0 Å². The van der Waals surface area contributed by atoms with Crippen molar-refractivity contribution in [2.75, 3.05) is 6.54 Å². The van der Waals surface area contributed by atoms with Gasteiger partial charge in [-0.15, -0.1) is 0 Å². The number of nitrogens with zero attached hydrogens (tertiary/aromatic N) is 1. The van der Waals surface area contributed by atoms with Crippen molar-refractivity contribution < 1.29 is 9.53 Å². The molecule has 0 saturated carbocycles. The lowest BCUT2D eigenvalue weighted by Crippen LogP contribution is -2.40. The number of benzene rings is 1. The Morgan fingerprint density at radius 3 is 2.89 bits per heavy atom. The first-order chi connectivity index (χ1) is 8.70. The molecule has 0 aliphatic carbocycles. The van der Waals surface area contributed by atoms with Crippen LogP contribution in [0.5, 0.6) is 0 Å². The third kappa shape index (κ3) is 3.37. The molecule has 98 valence electrons. The Hall–Kier alpha value is -0.770. The lowest BCUT2D eigenvalue weighted by molar-refractivity contribution is -0.138. The molecule has 3 nitrogen and oxygen atoms in total. The minimum absolute atomic E-state index is 0.120. The predicted molar refractivity (Wildman–Crippen MR) is 71.7 cm³/mol. The Kier molecular flexibility index (Phi) is 4.87. The van der Waals surface area contributed by atoms with Crippen molar-refractivity contribution >= 4 is 29.6 Å². The van der Waals surface area contributed by atoms with E-state index in [1.807, 2.05) is 6.07 Å². The van der Waals surface area contributed by atoms with Gasteiger partial charge in [0.2, 0.25) is 6.41 Å². The third-order valence-corrected chi connectivity index (χ3v) is 3.79. The van der Waals surface area contributed by atoms with Crippen LogP contribution in [-0.4, -0.2) is 24.1 Å². The fourth-order valence-electron chi connectivity index (χ4n) is 2.04. The van der Waals surface area contributed by atoms with Crippen molar-refractivity contribution in [3.05, 3.63) is 33.8 Å². The zero-order valence-corrected chi connectivity index (χ0v) is 11.5. The first-order valence-corrected chi connectivity index (χ1v) is 6.73. The van der Waals surface area contributed by atoms with Crippen LogP contribution in [-0.2, 0) is 16.1 Å². The lowest BCUT2D eigenvalue weighted by atomic mass is 10.1. The fraction of sp³-hybridized carbons (Fsp3) is 0.462. The highest BCUT2D eigenvalue weighted by Gasteiger charge is 2.21. The number of halogens is 2. The Labute approximate surface area is 117 Å². The number of rotatable bonds is 4. The molecule has 1 aliphatic heterocycles. The van der Waals surface area contributed by atoms with Gasteiger partial charge in [0.05, 0.1) is 16.7 Å². The number of amides is 1. The third-order valence-electron chi connectivity index (χ3n) is 3.05. The first kappa shape index (κ1) is 13.7. The maximum atomic E-state index is 10.9. The summed E-state index contributed by atoms with van der Waals surface area (Å²) in [5.41, 5.74) is 0.959. The molecule has 1 unspecified atom stereocenters. The smallest absolute Gasteiger partial charge is 0.211 e. The lowest BCUT2D eigenvalue weighted by Gasteiger charge is -2.32. The predicted octanol–water partition coefficient (Wildman–Crippen LogP) is 3.48. The van der Waals surface area contributed by atoms with Crippen molar-refractivity contribution in [2.45, 2.75) is 32.1 Å². The molecule has 1 atom stereocenters. The van der Waals surface area contributed by atoms with Crippen LogP contribution in [0.25, 0.3) is 0 Å². The largest absolute Gasteiger partial charge is 0.354 e. The molecule has 0 N–H and O–H groups in total. The van der Waals surface area contributed by atoms with E-state index in [-0.39, 0.29) is 6.23 Å². The first-order valence-electron chi connectivity index (χ1n) is 5.97. The summed E-state index contributed by atoms with van der Waals surface area (Å²) < 4.78 is 5.76. The summed E-state index contributed by atoms with van der Waals surface area (Å²) in [5, 5.41) is 1.06. The summed E-state index contributed by atoms with van der Waals surface area (Å²) >= 11 is 11.8. The zero-order valence-electron chi connectivity index (χ0n) is 9.94. The molecule has 1 aliphatic rings. The Bertz CT molecular complexity index is 425. The zero-order chi connectivity index (χ0) is 13.0. The average Bonchev–Trinajstić information content (AvgIpc) is 2.40. The SMILES string of the molecule is O=CN1CCCCC1OCc1ccc(Cl)c(Cl)c1. The van der Waals surface area contributed by atoms with Crippen LogP contribution in [0, 0.1) is 0 Å². The van der Waals surface area contributed by atoms with Crippen molar-refractivity contribution in [1.29, 1.82) is 0 Å². The summed E-state index contributed by atoms with van der Waals surface area (Å²) in [6.45, 7) is 1.21. The molecule has 1 amide bonds. The quantitative estimate of drug-likeness (QED) is 0.794. The Morgan fingerprint density at radius 1 is 1.33 bits per heavy atom. The van der Waals surface area contributed by atoms with Gasteiger partial charge in [0, 0.05) is 6.54 Å². The Balaban J connectivity index is 1.93. The summed E-state index contributed by atoms with van der Waals surface area (Å²) in [4.78, 5) is 12.6. The van der Waals surface area contributed by atoms with Gasteiger partial charge in [0.1, 0.15) is 6.23 Å². The van der Waals surface area contributed by atoms with Gasteiger partial charge in [-0.3, -0.25) is 4.79 Å². The summed E-state index contributed by atoms with van der Waals surface area (Å²) in [6, 6.07) is 5.42. The second-order valence-electron chi connectivity index (χ2n) is 4.35. The number of hydrogen-bond donors (Lipinski definition) is 0. The van der Waals surface area contributed by atoms with Crippen LogP contribution in [0.15, 0.2) is 18.2 Å². The topological polar surface area (TPSA) is 29.5 Å². The summed E-state index contributed by atoms with van der Waals surface area (Å²) in [6.07, 6.45) is 3.77. The van der Waals surface area contributed by atoms with E-state index in [1.54, 1.807) is 17.0 Å². The van der Waals surface area contributed by atoms with E-state index in [2.05, 4.69) is 0 Å². The van der Waals surface area contributed by atoms with Crippen molar-refractivity contribution in [3.63, 3.8) is 0 Å². The number of ether oxygens (including phenoxy) is 1. The minimum atomic E-state index is -0.120. The summed E-state index contributed by atoms with van der Waals surface area (Å²) in [7, 11) is 0. The molecule has 0 aromatic heterocycles. The molecule has 0 spiro atoms. The highest BCUT2D eigenvalue weighted by Crippen LogP contribution is 2.24. The van der Waals surface area contributed by atoms with Gasteiger partial charge >= 0.3 is 0 Å². The van der Waals surface area contributed by atoms with E-state index in [0.29, 0.717) is 16.7 Å². The van der Waals surface area contributed by atoms with E-state index in [1.165, 1.54) is 0 Å². The highest BCUT2D eigenvalue weighted by atomic mass is 35.5. The maximum Gasteiger partial charge on any atom is 0.211 e. The molecule has 5 heteroatoms. The number of likely N-dealkylation sites (tertiary alicyclic amines) is 1. The number of carbonyl (C=O) groups is 1. The Morgan fingerprint density at radius 2 is 2.17 bits per heavy atom. The number of piperidine rings is 1. The molecular formula is C13H15Cl2NO2. The standard InChI is InChI=1S/C13H15Cl2NO2/c14-11-5-4-10(7-12(11)15)8-18-13-3-1-2-6-16(13)9-17/h4-5,7,9,13H,1-3,6,8H2. The molecule has 1 heterocycles. The molecular weight excluding hydrogens is 273 g/mol. The average molecular weight is 288 g/mol. The fourth-order valence-corrected chi connectivity index (χ4v) is 2.37. The number of carbonyl (C=O) groups excluding carboxylic acids is 1. The van der Waals surface area contributed by atoms with Gasteiger partial charge in [-0.2, -0.15) is 0 Å². The van der Waals surface area contributed by atoms with E-state index in [4.69, 9.17) is 27.9 Å². The van der Waals surface area contributed by atoms with Gasteiger partial charge in [-0.25, -0.2) is 0 Å². The number of hydrogen-bond acceptors (Lipinski definition) is 2. The molecule has 2 rings (SSSR count). The molecule has 18 heavy (non-hydrogen) atoms. The molecule has 1 saturated heterocycles. The van der Waals surface area contributed by atoms with Gasteiger partial charge in [0.25, 0.3) is 0 Å². The molecule has 1 aromatic carbocycles. The highest BCUT2D eigenvalue weighted by molar-refractivity contribution is 6.42. The maximum absolute atomic E-state index is 10.9. The van der Waals surface area contributed by atoms with Crippen LogP contribution in [0.4, 0.5) is 0 Å². The van der Waals surface area contributed by atoms with Crippen LogP contribution in [0.1, 0.15) is 24.8 Å². The van der Waals surface area contributed by atoms with Crippen molar-refractivity contribution in [2.24, 2.45) is 0 Å². The van der Waals surface area contributed by atoms with E-state index in [9.17, 15) is 4.79 Å². The molecule has 1 fully saturated rings. The van der Waals surface area contributed by atoms with Gasteiger partial charge in [0.15, 0.2) is 0 Å². The second kappa shape index (κ2) is 6.41. The minimum Gasteiger partial charge on any atom is -0.354 e. The molecule has 0 bridgehead atoms. The van der Waals surface area contributed by atoms with Crippen molar-refractivity contribution in [1.82, 2.24) is 4.90 Å². The van der Waals surface area contributed by atoms with E-state index in [0.717, 1.165) is 37.8 Å². The van der Waals surface area contributed by atoms with E-state index < -0.39 is 0 Å². The second-order valence-corrected chi connectivity index (χ2v) is 5.17. The summed E-state index contributed by atoms with van der Waals surface area (Å²) in [5.74, 6) is 0. The molecule has 0 radical (unpaired) electrons. The van der Waals surface area contributed by atoms with Gasteiger partial charge in [-0.05, 0) is 37.0 Å². The normalized spacial score (nSPS) is 19.9. The van der Waals surface area contributed by atoms with Crippen LogP contribution in [0.2, 0.25) is 10.0 Å². The van der Waals surface area contributed by atoms with Gasteiger partial charge < -0.3 is 9.64 Å². The van der Waals surface area contributed by atoms with Crippen LogP contribution < -0.4 is 0 Å². The van der Waals surface area contributed by atoms with Crippen LogP contribution >= 0.6 is 23.2 Å². The molecule has 1 aromatic rings. The monoisotopic (exact) mass is 287 g/mol. The van der Waals surface area contributed by atoms with Crippen LogP contribution in [0.3, 0.4) is 0 Å².